The number of rotatable bonds is 9. The number of esters is 1. The zero-order valence-electron chi connectivity index (χ0n) is 17.9. The van der Waals surface area contributed by atoms with E-state index in [1.165, 1.54) is 39.9 Å². The van der Waals surface area contributed by atoms with Gasteiger partial charge in [0.2, 0.25) is 10.0 Å². The van der Waals surface area contributed by atoms with Crippen molar-refractivity contribution < 1.29 is 22.7 Å². The highest BCUT2D eigenvalue weighted by Crippen LogP contribution is 2.26. The lowest BCUT2D eigenvalue weighted by atomic mass is 10.2. The molecule has 0 spiro atoms. The molecular formula is C22H22BrN3O5S2. The second kappa shape index (κ2) is 11.0. The van der Waals surface area contributed by atoms with Gasteiger partial charge in [0.05, 0.1) is 16.2 Å². The van der Waals surface area contributed by atoms with Crippen LogP contribution in [0, 0.1) is 0 Å². The first-order chi connectivity index (χ1) is 15.7. The highest BCUT2D eigenvalue weighted by Gasteiger charge is 2.22. The molecule has 3 rings (SSSR count). The van der Waals surface area contributed by atoms with Crippen LogP contribution in [0.3, 0.4) is 0 Å². The van der Waals surface area contributed by atoms with E-state index in [2.05, 4.69) is 26.2 Å². The summed E-state index contributed by atoms with van der Waals surface area (Å²) >= 11 is 4.67. The van der Waals surface area contributed by atoms with Crippen molar-refractivity contribution in [3.63, 3.8) is 0 Å². The van der Waals surface area contributed by atoms with E-state index in [4.69, 9.17) is 4.74 Å². The van der Waals surface area contributed by atoms with Gasteiger partial charge >= 0.3 is 5.97 Å². The molecule has 8 nitrogen and oxygen atoms in total. The van der Waals surface area contributed by atoms with Crippen molar-refractivity contribution in [1.82, 2.24) is 9.29 Å². The first kappa shape index (κ1) is 25.0. The Kier molecular flexibility index (Phi) is 8.35. The number of halogens is 1. The molecule has 0 atom stereocenters. The summed E-state index contributed by atoms with van der Waals surface area (Å²) in [4.78, 5) is 28.9. The Morgan fingerprint density at radius 3 is 2.45 bits per heavy atom. The van der Waals surface area contributed by atoms with Gasteiger partial charge in [0.15, 0.2) is 11.7 Å². The minimum Gasteiger partial charge on any atom is -0.452 e. The number of carbonyl (C=O) groups excluding carboxylic acids is 2. The second-order valence-corrected chi connectivity index (χ2v) is 10.5. The van der Waals surface area contributed by atoms with Gasteiger partial charge in [-0.25, -0.2) is 18.2 Å². The molecule has 0 unspecified atom stereocenters. The maximum absolute atomic E-state index is 12.5. The van der Waals surface area contributed by atoms with Gasteiger partial charge in [-0.3, -0.25) is 10.1 Å². The topological polar surface area (TPSA) is 106 Å². The van der Waals surface area contributed by atoms with Gasteiger partial charge in [0.25, 0.3) is 5.91 Å². The standard InChI is InChI=1S/C22H22BrN3O5S2/c1-3-26(4-2)33(29,30)18-10-8-15(9-11-18)21(28)31-13-20(27)25-22-24-19(14-32-22)16-6-5-7-17(23)12-16/h5-12,14H,3-4,13H2,1-2H3,(H,24,25,27). The molecule has 1 N–H and O–H groups in total. The third-order valence-electron chi connectivity index (χ3n) is 4.64. The van der Waals surface area contributed by atoms with Gasteiger partial charge in [-0.15, -0.1) is 11.3 Å². The van der Waals surface area contributed by atoms with Gasteiger partial charge in [-0.1, -0.05) is 41.9 Å². The maximum Gasteiger partial charge on any atom is 0.338 e. The van der Waals surface area contributed by atoms with Gasteiger partial charge in [-0.05, 0) is 36.4 Å². The summed E-state index contributed by atoms with van der Waals surface area (Å²) in [5.74, 6) is -1.26. The smallest absolute Gasteiger partial charge is 0.338 e. The summed E-state index contributed by atoms with van der Waals surface area (Å²) in [6.45, 7) is 3.71. The van der Waals surface area contributed by atoms with Crippen LogP contribution in [0.5, 0.6) is 0 Å². The van der Waals surface area contributed by atoms with Crippen molar-refractivity contribution in [3.05, 3.63) is 63.9 Å². The molecule has 3 aromatic rings. The first-order valence-electron chi connectivity index (χ1n) is 10.0. The quantitative estimate of drug-likeness (QED) is 0.395. The van der Waals surface area contributed by atoms with E-state index in [1.807, 2.05) is 29.6 Å². The molecule has 33 heavy (non-hydrogen) atoms. The Balaban J connectivity index is 1.56. The van der Waals surface area contributed by atoms with Crippen molar-refractivity contribution in [2.24, 2.45) is 0 Å². The number of anilines is 1. The Hall–Kier alpha value is -2.60. The number of thiazole rings is 1. The molecule has 1 heterocycles. The minimum absolute atomic E-state index is 0.0884. The Morgan fingerprint density at radius 1 is 1.12 bits per heavy atom. The summed E-state index contributed by atoms with van der Waals surface area (Å²) in [6.07, 6.45) is 0. The predicted molar refractivity (Wildman–Crippen MR) is 131 cm³/mol. The minimum atomic E-state index is -3.62. The molecule has 0 saturated carbocycles. The normalized spacial score (nSPS) is 11.4. The fourth-order valence-corrected chi connectivity index (χ4v) is 5.55. The van der Waals surface area contributed by atoms with Crippen molar-refractivity contribution in [2.45, 2.75) is 18.7 Å². The number of sulfonamides is 1. The number of aromatic nitrogens is 1. The first-order valence-corrected chi connectivity index (χ1v) is 13.1. The highest BCUT2D eigenvalue weighted by atomic mass is 79.9. The van der Waals surface area contributed by atoms with E-state index in [0.717, 1.165) is 10.0 Å². The molecule has 0 aliphatic rings. The fraction of sp³-hybridized carbons (Fsp3) is 0.227. The lowest BCUT2D eigenvalue weighted by Gasteiger charge is -2.18. The molecule has 174 valence electrons. The lowest BCUT2D eigenvalue weighted by Crippen LogP contribution is -2.30. The SMILES string of the molecule is CCN(CC)S(=O)(=O)c1ccc(C(=O)OCC(=O)Nc2nc(-c3cccc(Br)c3)cs2)cc1. The molecule has 0 aliphatic carbocycles. The van der Waals surface area contributed by atoms with E-state index in [-0.39, 0.29) is 10.5 Å². The lowest BCUT2D eigenvalue weighted by molar-refractivity contribution is -0.119. The molecule has 11 heteroatoms. The molecule has 2 aromatic carbocycles. The molecule has 0 bridgehead atoms. The average molecular weight is 552 g/mol. The van der Waals surface area contributed by atoms with E-state index < -0.39 is 28.5 Å². The monoisotopic (exact) mass is 551 g/mol. The van der Waals surface area contributed by atoms with Crippen LogP contribution in [0.1, 0.15) is 24.2 Å². The van der Waals surface area contributed by atoms with Crippen molar-refractivity contribution in [2.75, 3.05) is 25.0 Å². The number of amides is 1. The van der Waals surface area contributed by atoms with Crippen LogP contribution in [0.4, 0.5) is 5.13 Å². The summed E-state index contributed by atoms with van der Waals surface area (Å²) in [7, 11) is -3.62. The summed E-state index contributed by atoms with van der Waals surface area (Å²) in [6, 6.07) is 13.1. The summed E-state index contributed by atoms with van der Waals surface area (Å²) in [5.41, 5.74) is 1.76. The number of nitrogens with one attached hydrogen (secondary N) is 1. The third-order valence-corrected chi connectivity index (χ3v) is 7.95. The van der Waals surface area contributed by atoms with E-state index in [0.29, 0.717) is 23.9 Å². The van der Waals surface area contributed by atoms with E-state index >= 15 is 0 Å². The molecule has 0 radical (unpaired) electrons. The number of ether oxygens (including phenoxy) is 1. The zero-order chi connectivity index (χ0) is 24.0. The summed E-state index contributed by atoms with van der Waals surface area (Å²) < 4.78 is 32.3. The number of carbonyl (C=O) groups is 2. The number of hydrogen-bond donors (Lipinski definition) is 1. The molecular weight excluding hydrogens is 530 g/mol. The molecule has 0 fully saturated rings. The Bertz CT molecular complexity index is 1240. The van der Waals surface area contributed by atoms with Crippen LogP contribution in [-0.4, -0.2) is 49.3 Å². The molecule has 1 aromatic heterocycles. The van der Waals surface area contributed by atoms with Crippen LogP contribution in [0.15, 0.2) is 63.3 Å². The third kappa shape index (κ3) is 6.26. The van der Waals surface area contributed by atoms with Crippen LogP contribution < -0.4 is 5.32 Å². The summed E-state index contributed by atoms with van der Waals surface area (Å²) in [5, 5.41) is 4.81. The van der Waals surface area contributed by atoms with E-state index in [9.17, 15) is 18.0 Å². The van der Waals surface area contributed by atoms with Gasteiger partial charge in [-0.2, -0.15) is 4.31 Å². The largest absolute Gasteiger partial charge is 0.452 e. The van der Waals surface area contributed by atoms with Crippen LogP contribution in [0.2, 0.25) is 0 Å². The predicted octanol–water partition coefficient (Wildman–Crippen LogP) is 4.40. The van der Waals surface area contributed by atoms with Crippen LogP contribution >= 0.6 is 27.3 Å². The Labute approximate surface area is 204 Å². The van der Waals surface area contributed by atoms with Crippen molar-refractivity contribution in [3.8, 4) is 11.3 Å². The van der Waals surface area contributed by atoms with E-state index in [1.54, 1.807) is 13.8 Å². The average Bonchev–Trinajstić information content (AvgIpc) is 3.26. The number of nitrogens with zero attached hydrogens (tertiary/aromatic N) is 2. The molecule has 1 amide bonds. The van der Waals surface area contributed by atoms with Gasteiger partial charge < -0.3 is 4.74 Å². The fourth-order valence-electron chi connectivity index (χ4n) is 2.96. The van der Waals surface area contributed by atoms with Crippen molar-refractivity contribution >= 4 is 54.3 Å². The molecule has 0 saturated heterocycles. The maximum atomic E-state index is 12.5. The molecule has 0 aliphatic heterocycles. The zero-order valence-corrected chi connectivity index (χ0v) is 21.2. The highest BCUT2D eigenvalue weighted by molar-refractivity contribution is 9.10. The van der Waals surface area contributed by atoms with Crippen molar-refractivity contribution in [1.29, 1.82) is 0 Å². The number of benzene rings is 2. The second-order valence-electron chi connectivity index (χ2n) is 6.79. The number of hydrogen-bond acceptors (Lipinski definition) is 7. The van der Waals surface area contributed by atoms with Crippen LogP contribution in [0.25, 0.3) is 11.3 Å². The Morgan fingerprint density at radius 2 is 1.82 bits per heavy atom. The van der Waals surface area contributed by atoms with Crippen LogP contribution in [-0.2, 0) is 19.6 Å². The van der Waals surface area contributed by atoms with Gasteiger partial charge in [0.1, 0.15) is 0 Å². The van der Waals surface area contributed by atoms with Gasteiger partial charge in [0, 0.05) is 28.5 Å².